The summed E-state index contributed by atoms with van der Waals surface area (Å²) in [6.07, 6.45) is 1.97. The summed E-state index contributed by atoms with van der Waals surface area (Å²) in [5.74, 6) is -1.88. The molecule has 1 aliphatic carbocycles. The molecule has 1 saturated heterocycles. The molecule has 0 unspecified atom stereocenters. The van der Waals surface area contributed by atoms with Gasteiger partial charge in [0.25, 0.3) is 0 Å². The van der Waals surface area contributed by atoms with E-state index < -0.39 is 11.6 Å². The fourth-order valence-corrected chi connectivity index (χ4v) is 4.72. The lowest BCUT2D eigenvalue weighted by Crippen LogP contribution is -2.56. The number of H-pyrrole nitrogens is 1. The van der Waals surface area contributed by atoms with Gasteiger partial charge in [0.15, 0.2) is 0 Å². The second-order valence-electron chi connectivity index (χ2n) is 8.25. The number of carbonyl (C=O) groups excluding carboxylic acids is 1. The van der Waals surface area contributed by atoms with Gasteiger partial charge in [0.1, 0.15) is 17.5 Å². The molecule has 2 fully saturated rings. The maximum atomic E-state index is 14.4. The molecule has 2 N–H and O–H groups in total. The number of aromatic nitrogens is 1. The van der Waals surface area contributed by atoms with Gasteiger partial charge in [-0.15, -0.1) is 0 Å². The number of hydrogen-bond donors (Lipinski definition) is 2. The molecule has 0 bridgehead atoms. The molecule has 5 rings (SSSR count). The Morgan fingerprint density at radius 2 is 1.83 bits per heavy atom. The normalized spacial score (nSPS) is 23.3. The van der Waals surface area contributed by atoms with E-state index in [2.05, 4.69) is 4.98 Å². The number of aliphatic hydroxyl groups is 1. The number of amides is 1. The first-order valence-electron chi connectivity index (χ1n) is 10.1. The van der Waals surface area contributed by atoms with E-state index in [1.165, 1.54) is 18.2 Å². The molecule has 4 nitrogen and oxygen atoms in total. The van der Waals surface area contributed by atoms with Crippen LogP contribution in [0.15, 0.2) is 36.4 Å². The van der Waals surface area contributed by atoms with Crippen LogP contribution in [0.5, 0.6) is 0 Å². The summed E-state index contributed by atoms with van der Waals surface area (Å²) in [5, 5.41) is 9.79. The summed E-state index contributed by atoms with van der Waals surface area (Å²) in [4.78, 5) is 17.5. The average molecular weight is 414 g/mol. The number of aliphatic hydroxyl groups excluding tert-OH is 1. The molecule has 2 aromatic carbocycles. The average Bonchev–Trinajstić information content (AvgIpc) is 3.00. The number of hydrogen-bond acceptors (Lipinski definition) is 2. The van der Waals surface area contributed by atoms with E-state index in [-0.39, 0.29) is 41.7 Å². The third-order valence-corrected chi connectivity index (χ3v) is 6.53. The number of nitrogens with one attached hydrogen (secondary N) is 1. The van der Waals surface area contributed by atoms with E-state index in [1.807, 2.05) is 0 Å². The van der Waals surface area contributed by atoms with Crippen LogP contribution in [0.3, 0.4) is 0 Å². The van der Waals surface area contributed by atoms with Crippen LogP contribution >= 0.6 is 0 Å². The second-order valence-corrected chi connectivity index (χ2v) is 8.25. The predicted molar refractivity (Wildman–Crippen MR) is 106 cm³/mol. The zero-order chi connectivity index (χ0) is 21.0. The van der Waals surface area contributed by atoms with E-state index in [1.54, 1.807) is 17.0 Å². The van der Waals surface area contributed by atoms with E-state index in [0.717, 1.165) is 18.1 Å². The van der Waals surface area contributed by atoms with Crippen molar-refractivity contribution in [3.05, 3.63) is 59.4 Å². The highest BCUT2D eigenvalue weighted by Crippen LogP contribution is 2.49. The molecule has 0 spiro atoms. The number of rotatable bonds is 4. The van der Waals surface area contributed by atoms with Crippen molar-refractivity contribution in [3.63, 3.8) is 0 Å². The van der Waals surface area contributed by atoms with Gasteiger partial charge in [0.2, 0.25) is 5.91 Å². The van der Waals surface area contributed by atoms with Crippen molar-refractivity contribution >= 4 is 16.8 Å². The molecule has 7 heteroatoms. The molecular weight excluding hydrogens is 393 g/mol. The smallest absolute Gasteiger partial charge is 0.226 e. The third-order valence-electron chi connectivity index (χ3n) is 6.53. The van der Waals surface area contributed by atoms with Crippen LogP contribution in [-0.2, 0) is 4.79 Å². The SMILES string of the molecule is O=C([C@H]1C[C@H](c2c(-c3ccc(F)cc3)[nH]c3c(F)cc(F)cc32)C1)N1CC[C@H]1CO. The van der Waals surface area contributed by atoms with Gasteiger partial charge in [-0.2, -0.15) is 0 Å². The number of aromatic amines is 1. The number of carbonyl (C=O) groups is 1. The van der Waals surface area contributed by atoms with Gasteiger partial charge in [-0.05, 0) is 66.6 Å². The minimum absolute atomic E-state index is 0.0302. The largest absolute Gasteiger partial charge is 0.394 e. The number of halogens is 3. The predicted octanol–water partition coefficient (Wildman–Crippen LogP) is 4.34. The van der Waals surface area contributed by atoms with Crippen LogP contribution in [0.25, 0.3) is 22.2 Å². The highest BCUT2D eigenvalue weighted by Gasteiger charge is 2.43. The summed E-state index contributed by atoms with van der Waals surface area (Å²) in [6, 6.07) is 7.91. The number of nitrogens with zero attached hydrogens (tertiary/aromatic N) is 1. The number of benzene rings is 2. The molecule has 2 heterocycles. The van der Waals surface area contributed by atoms with Crippen molar-refractivity contribution in [2.24, 2.45) is 5.92 Å². The van der Waals surface area contributed by atoms with Gasteiger partial charge < -0.3 is 15.0 Å². The summed E-state index contributed by atoms with van der Waals surface area (Å²) < 4.78 is 41.8. The van der Waals surface area contributed by atoms with Crippen molar-refractivity contribution in [2.45, 2.75) is 31.2 Å². The quantitative estimate of drug-likeness (QED) is 0.667. The molecule has 3 aromatic rings. The molecule has 156 valence electrons. The minimum atomic E-state index is -0.682. The van der Waals surface area contributed by atoms with Crippen LogP contribution in [0.2, 0.25) is 0 Å². The Morgan fingerprint density at radius 3 is 2.47 bits per heavy atom. The Kier molecular flexibility index (Phi) is 4.58. The van der Waals surface area contributed by atoms with Crippen molar-refractivity contribution in [1.82, 2.24) is 9.88 Å². The summed E-state index contributed by atoms with van der Waals surface area (Å²) in [7, 11) is 0. The van der Waals surface area contributed by atoms with Crippen LogP contribution < -0.4 is 0 Å². The van der Waals surface area contributed by atoms with Gasteiger partial charge in [0, 0.05) is 23.9 Å². The van der Waals surface area contributed by atoms with Gasteiger partial charge in [-0.3, -0.25) is 4.79 Å². The molecule has 1 aromatic heterocycles. The molecule has 1 atom stereocenters. The third kappa shape index (κ3) is 2.99. The highest BCUT2D eigenvalue weighted by molar-refractivity contribution is 5.92. The Balaban J connectivity index is 1.50. The first kappa shape index (κ1) is 19.2. The first-order chi connectivity index (χ1) is 14.5. The summed E-state index contributed by atoms with van der Waals surface area (Å²) >= 11 is 0. The standard InChI is InChI=1S/C23H21F3N2O2/c24-15-3-1-12(2-4-15)21-20(18-9-16(25)10-19(26)22(18)27-21)13-7-14(8-13)23(30)28-6-5-17(28)11-29/h1-4,9-10,13-14,17,27,29H,5-8,11H2/t13-,14-,17-/m0/s1. The van der Waals surface area contributed by atoms with Crippen molar-refractivity contribution in [2.75, 3.05) is 13.2 Å². The van der Waals surface area contributed by atoms with Crippen LogP contribution in [0, 0.1) is 23.4 Å². The topological polar surface area (TPSA) is 56.3 Å². The van der Waals surface area contributed by atoms with Crippen molar-refractivity contribution in [3.8, 4) is 11.3 Å². The van der Waals surface area contributed by atoms with Crippen molar-refractivity contribution < 1.29 is 23.1 Å². The maximum absolute atomic E-state index is 14.4. The lowest BCUT2D eigenvalue weighted by Gasteiger charge is -2.45. The second kappa shape index (κ2) is 7.16. The Morgan fingerprint density at radius 1 is 1.10 bits per heavy atom. The van der Waals surface area contributed by atoms with Gasteiger partial charge in [-0.1, -0.05) is 0 Å². The number of fused-ring (bicyclic) bond motifs is 1. The summed E-state index contributed by atoms with van der Waals surface area (Å²) in [5.41, 5.74) is 2.29. The number of likely N-dealkylation sites (tertiary alicyclic amines) is 1. The zero-order valence-corrected chi connectivity index (χ0v) is 16.2. The van der Waals surface area contributed by atoms with Gasteiger partial charge in [0.05, 0.1) is 23.9 Å². The Bertz CT molecular complexity index is 1120. The van der Waals surface area contributed by atoms with Gasteiger partial charge in [-0.25, -0.2) is 13.2 Å². The minimum Gasteiger partial charge on any atom is -0.394 e. The molecule has 1 saturated carbocycles. The zero-order valence-electron chi connectivity index (χ0n) is 16.2. The molecule has 30 heavy (non-hydrogen) atoms. The van der Waals surface area contributed by atoms with Crippen LogP contribution in [0.4, 0.5) is 13.2 Å². The lowest BCUT2D eigenvalue weighted by molar-refractivity contribution is -0.148. The monoisotopic (exact) mass is 414 g/mol. The maximum Gasteiger partial charge on any atom is 0.226 e. The molecule has 2 aliphatic rings. The molecular formula is C23H21F3N2O2. The molecule has 1 aliphatic heterocycles. The van der Waals surface area contributed by atoms with Gasteiger partial charge >= 0.3 is 0 Å². The fourth-order valence-electron chi connectivity index (χ4n) is 4.72. The first-order valence-corrected chi connectivity index (χ1v) is 10.1. The molecule has 1 amide bonds. The Hall–Kier alpha value is -2.80. The van der Waals surface area contributed by atoms with E-state index in [9.17, 15) is 23.1 Å². The van der Waals surface area contributed by atoms with Crippen LogP contribution in [0.1, 0.15) is 30.7 Å². The van der Waals surface area contributed by atoms with E-state index in [0.29, 0.717) is 36.0 Å². The van der Waals surface area contributed by atoms with Crippen LogP contribution in [-0.4, -0.2) is 40.1 Å². The summed E-state index contributed by atoms with van der Waals surface area (Å²) in [6.45, 7) is 0.632. The highest BCUT2D eigenvalue weighted by atomic mass is 19.1. The lowest BCUT2D eigenvalue weighted by atomic mass is 9.69. The molecule has 0 radical (unpaired) electrons. The fraction of sp³-hybridized carbons (Fsp3) is 0.348. The van der Waals surface area contributed by atoms with E-state index >= 15 is 0 Å². The Labute approximate surface area is 171 Å². The van der Waals surface area contributed by atoms with E-state index in [4.69, 9.17) is 0 Å². The van der Waals surface area contributed by atoms with Crippen molar-refractivity contribution in [1.29, 1.82) is 0 Å².